The van der Waals surface area contributed by atoms with Gasteiger partial charge in [0.2, 0.25) is 0 Å². The molecule has 0 aromatic carbocycles. The van der Waals surface area contributed by atoms with Crippen LogP contribution in [0.25, 0.3) is 11.2 Å². The Morgan fingerprint density at radius 3 is 2.71 bits per heavy atom. The number of thioether (sulfide) groups is 1. The second-order valence-corrected chi connectivity index (χ2v) is 5.97. The molecule has 0 bridgehead atoms. The molecule has 1 N–H and O–H groups in total. The SMILES string of the molecule is CCCCCn1c(SCC(=O)O)nc2c(CC)nn(C)c21. The van der Waals surface area contributed by atoms with Crippen molar-refractivity contribution >= 4 is 28.9 Å². The molecule has 7 heteroatoms. The van der Waals surface area contributed by atoms with Crippen molar-refractivity contribution in [3.63, 3.8) is 0 Å². The molecule has 0 fully saturated rings. The van der Waals surface area contributed by atoms with Crippen molar-refractivity contribution in [1.29, 1.82) is 0 Å². The fourth-order valence-corrected chi connectivity index (χ4v) is 3.16. The van der Waals surface area contributed by atoms with Gasteiger partial charge in [-0.3, -0.25) is 9.48 Å². The third-order valence-corrected chi connectivity index (χ3v) is 4.36. The molecular weight excluding hydrogens is 288 g/mol. The van der Waals surface area contributed by atoms with Gasteiger partial charge >= 0.3 is 5.97 Å². The first kappa shape index (κ1) is 15.9. The number of aromatic nitrogens is 4. The van der Waals surface area contributed by atoms with Crippen molar-refractivity contribution in [2.45, 2.75) is 51.2 Å². The first-order valence-corrected chi connectivity index (χ1v) is 8.33. The largest absolute Gasteiger partial charge is 0.481 e. The van der Waals surface area contributed by atoms with Gasteiger partial charge in [-0.15, -0.1) is 0 Å². The van der Waals surface area contributed by atoms with Gasteiger partial charge in [0, 0.05) is 13.6 Å². The van der Waals surface area contributed by atoms with E-state index in [0.717, 1.165) is 54.2 Å². The van der Waals surface area contributed by atoms with E-state index in [0.29, 0.717) is 0 Å². The van der Waals surface area contributed by atoms with Crippen molar-refractivity contribution < 1.29 is 9.90 Å². The Labute approximate surface area is 128 Å². The normalized spacial score (nSPS) is 11.4. The van der Waals surface area contributed by atoms with Crippen LogP contribution in [0.5, 0.6) is 0 Å². The fraction of sp³-hybridized carbons (Fsp3) is 0.643. The third kappa shape index (κ3) is 3.40. The Hall–Kier alpha value is -1.50. The number of unbranched alkanes of at least 4 members (excludes halogenated alkanes) is 2. The number of carbonyl (C=O) groups is 1. The van der Waals surface area contributed by atoms with Gasteiger partial charge in [-0.25, -0.2) is 4.98 Å². The van der Waals surface area contributed by atoms with Crippen LogP contribution in [0.3, 0.4) is 0 Å². The zero-order valence-corrected chi connectivity index (χ0v) is 13.6. The van der Waals surface area contributed by atoms with Crippen LogP contribution in [-0.4, -0.2) is 36.2 Å². The molecule has 21 heavy (non-hydrogen) atoms. The van der Waals surface area contributed by atoms with E-state index in [9.17, 15) is 4.79 Å². The molecular formula is C14H22N4O2S. The molecule has 0 aliphatic carbocycles. The molecule has 0 atom stereocenters. The van der Waals surface area contributed by atoms with E-state index in [1.807, 2.05) is 11.7 Å². The molecule has 0 saturated carbocycles. The average molecular weight is 310 g/mol. The molecule has 0 radical (unpaired) electrons. The maximum atomic E-state index is 10.8. The maximum absolute atomic E-state index is 10.8. The van der Waals surface area contributed by atoms with Crippen LogP contribution in [0.1, 0.15) is 38.8 Å². The highest BCUT2D eigenvalue weighted by atomic mass is 32.2. The third-order valence-electron chi connectivity index (χ3n) is 3.40. The smallest absolute Gasteiger partial charge is 0.313 e. The standard InChI is InChI=1S/C14H22N4O2S/c1-4-6-7-8-18-13-12(10(5-2)16-17(13)3)15-14(18)21-9-11(19)20/h4-9H2,1-3H3,(H,19,20). The van der Waals surface area contributed by atoms with Gasteiger partial charge in [-0.05, 0) is 12.8 Å². The molecule has 0 unspecified atom stereocenters. The summed E-state index contributed by atoms with van der Waals surface area (Å²) < 4.78 is 3.97. The quantitative estimate of drug-likeness (QED) is 0.599. The van der Waals surface area contributed by atoms with Crippen LogP contribution in [0.4, 0.5) is 0 Å². The maximum Gasteiger partial charge on any atom is 0.313 e. The predicted octanol–water partition coefficient (Wildman–Crippen LogP) is 2.70. The lowest BCUT2D eigenvalue weighted by molar-refractivity contribution is -0.133. The summed E-state index contributed by atoms with van der Waals surface area (Å²) in [5.41, 5.74) is 2.87. The van der Waals surface area contributed by atoms with Crippen molar-refractivity contribution in [1.82, 2.24) is 19.3 Å². The molecule has 2 rings (SSSR count). The monoisotopic (exact) mass is 310 g/mol. The van der Waals surface area contributed by atoms with E-state index in [-0.39, 0.29) is 5.75 Å². The van der Waals surface area contributed by atoms with Crippen molar-refractivity contribution in [2.24, 2.45) is 7.05 Å². The molecule has 0 amide bonds. The summed E-state index contributed by atoms with van der Waals surface area (Å²) >= 11 is 1.28. The minimum Gasteiger partial charge on any atom is -0.481 e. The Morgan fingerprint density at radius 1 is 1.33 bits per heavy atom. The summed E-state index contributed by atoms with van der Waals surface area (Å²) in [5, 5.41) is 14.2. The van der Waals surface area contributed by atoms with E-state index in [2.05, 4.69) is 28.5 Å². The lowest BCUT2D eigenvalue weighted by Crippen LogP contribution is -2.06. The number of fused-ring (bicyclic) bond motifs is 1. The van der Waals surface area contributed by atoms with Gasteiger partial charge in [0.1, 0.15) is 5.52 Å². The Bertz CT molecular complexity index is 632. The highest BCUT2D eigenvalue weighted by Crippen LogP contribution is 2.26. The van der Waals surface area contributed by atoms with Crippen LogP contribution in [0.2, 0.25) is 0 Å². The first-order valence-electron chi connectivity index (χ1n) is 7.35. The minimum absolute atomic E-state index is 0.0337. The number of hydrogen-bond donors (Lipinski definition) is 1. The van der Waals surface area contributed by atoms with E-state index in [4.69, 9.17) is 5.11 Å². The Balaban J connectivity index is 2.39. The van der Waals surface area contributed by atoms with Gasteiger partial charge in [0.25, 0.3) is 0 Å². The molecule has 2 aromatic heterocycles. The number of hydrogen-bond acceptors (Lipinski definition) is 4. The topological polar surface area (TPSA) is 72.9 Å². The second kappa shape index (κ2) is 6.98. The van der Waals surface area contributed by atoms with E-state index >= 15 is 0 Å². The summed E-state index contributed by atoms with van der Waals surface area (Å²) in [6, 6.07) is 0. The minimum atomic E-state index is -0.819. The molecule has 0 aliphatic rings. The number of imidazole rings is 1. The molecule has 0 saturated heterocycles. The molecule has 2 heterocycles. The zero-order valence-electron chi connectivity index (χ0n) is 12.8. The Morgan fingerprint density at radius 2 is 2.10 bits per heavy atom. The van der Waals surface area contributed by atoms with Crippen molar-refractivity contribution in [2.75, 3.05) is 5.75 Å². The van der Waals surface area contributed by atoms with E-state index < -0.39 is 5.97 Å². The number of nitrogens with zero attached hydrogens (tertiary/aromatic N) is 4. The van der Waals surface area contributed by atoms with Crippen LogP contribution >= 0.6 is 11.8 Å². The van der Waals surface area contributed by atoms with Gasteiger partial charge in [0.15, 0.2) is 10.8 Å². The van der Waals surface area contributed by atoms with E-state index in [1.165, 1.54) is 11.8 Å². The molecule has 0 aliphatic heterocycles. The summed E-state index contributed by atoms with van der Waals surface area (Å²) in [7, 11) is 1.92. The van der Waals surface area contributed by atoms with Gasteiger partial charge < -0.3 is 9.67 Å². The molecule has 0 spiro atoms. The average Bonchev–Trinajstić information content (AvgIpc) is 2.95. The number of carboxylic acids is 1. The number of aryl methyl sites for hydroxylation is 3. The highest BCUT2D eigenvalue weighted by molar-refractivity contribution is 7.99. The van der Waals surface area contributed by atoms with Gasteiger partial charge in [-0.2, -0.15) is 5.10 Å². The molecule has 116 valence electrons. The lowest BCUT2D eigenvalue weighted by Gasteiger charge is -2.08. The zero-order chi connectivity index (χ0) is 15.4. The summed E-state index contributed by atoms with van der Waals surface area (Å²) in [6.45, 7) is 5.08. The summed E-state index contributed by atoms with van der Waals surface area (Å²) in [6.07, 6.45) is 4.20. The fourth-order valence-electron chi connectivity index (χ4n) is 2.42. The summed E-state index contributed by atoms with van der Waals surface area (Å²) in [5.74, 6) is -0.785. The summed E-state index contributed by atoms with van der Waals surface area (Å²) in [4.78, 5) is 15.4. The molecule has 6 nitrogen and oxygen atoms in total. The number of aliphatic carboxylic acids is 1. The van der Waals surface area contributed by atoms with Crippen LogP contribution in [0.15, 0.2) is 5.16 Å². The van der Waals surface area contributed by atoms with Crippen LogP contribution < -0.4 is 0 Å². The second-order valence-electron chi connectivity index (χ2n) is 5.03. The Kier molecular flexibility index (Phi) is 5.27. The van der Waals surface area contributed by atoms with Crippen LogP contribution in [0, 0.1) is 0 Å². The predicted molar refractivity (Wildman–Crippen MR) is 83.8 cm³/mol. The van der Waals surface area contributed by atoms with Crippen molar-refractivity contribution in [3.05, 3.63) is 5.69 Å². The van der Waals surface area contributed by atoms with E-state index in [1.54, 1.807) is 0 Å². The number of carboxylic acid groups (broad SMARTS) is 1. The van der Waals surface area contributed by atoms with Gasteiger partial charge in [0.05, 0.1) is 11.4 Å². The first-order chi connectivity index (χ1) is 10.1. The van der Waals surface area contributed by atoms with Crippen molar-refractivity contribution in [3.8, 4) is 0 Å². The lowest BCUT2D eigenvalue weighted by atomic mass is 10.2. The van der Waals surface area contributed by atoms with Gasteiger partial charge in [-0.1, -0.05) is 38.5 Å². The number of rotatable bonds is 8. The highest BCUT2D eigenvalue weighted by Gasteiger charge is 2.19. The van der Waals surface area contributed by atoms with Crippen LogP contribution in [-0.2, 0) is 24.8 Å². The molecule has 2 aromatic rings.